The molecule has 20 heavy (non-hydrogen) atoms. The van der Waals surface area contributed by atoms with Crippen molar-refractivity contribution < 1.29 is 10.0 Å². The second-order valence-electron chi connectivity index (χ2n) is 5.78. The van der Waals surface area contributed by atoms with E-state index in [9.17, 15) is 4.79 Å². The number of carbonyl (C=O) groups excluding carboxylic acids is 1. The van der Waals surface area contributed by atoms with Crippen molar-refractivity contribution in [1.29, 1.82) is 0 Å². The molecule has 1 heterocycles. The molecule has 1 aromatic carbocycles. The van der Waals surface area contributed by atoms with Gasteiger partial charge in [-0.3, -0.25) is 4.79 Å². The highest BCUT2D eigenvalue weighted by atomic mass is 16.4. The van der Waals surface area contributed by atoms with Crippen molar-refractivity contribution in [2.75, 3.05) is 11.4 Å². The van der Waals surface area contributed by atoms with Crippen LogP contribution in [0.5, 0.6) is 0 Å². The highest BCUT2D eigenvalue weighted by Gasteiger charge is 2.23. The van der Waals surface area contributed by atoms with Crippen LogP contribution in [-0.2, 0) is 11.2 Å². The van der Waals surface area contributed by atoms with Gasteiger partial charge in [0.2, 0.25) is 5.91 Å². The topological polar surface area (TPSA) is 52.9 Å². The van der Waals surface area contributed by atoms with Crippen LogP contribution in [0.4, 0.5) is 5.69 Å². The summed E-state index contributed by atoms with van der Waals surface area (Å²) < 4.78 is 0. The Balaban J connectivity index is 2.30. The van der Waals surface area contributed by atoms with Gasteiger partial charge < -0.3 is 10.1 Å². The van der Waals surface area contributed by atoms with Crippen LogP contribution in [0.1, 0.15) is 44.7 Å². The van der Waals surface area contributed by atoms with Gasteiger partial charge in [-0.25, -0.2) is 0 Å². The van der Waals surface area contributed by atoms with Crippen LogP contribution in [-0.4, -0.2) is 23.4 Å². The zero-order valence-corrected chi connectivity index (χ0v) is 12.4. The molecule has 1 aliphatic rings. The number of rotatable bonds is 3. The van der Waals surface area contributed by atoms with Crippen molar-refractivity contribution >= 4 is 17.3 Å². The van der Waals surface area contributed by atoms with Crippen molar-refractivity contribution in [1.82, 2.24) is 0 Å². The van der Waals surface area contributed by atoms with Crippen LogP contribution in [0.3, 0.4) is 0 Å². The molecular formula is C16H22N2O2. The van der Waals surface area contributed by atoms with Crippen LogP contribution in [0.25, 0.3) is 0 Å². The Morgan fingerprint density at radius 1 is 1.45 bits per heavy atom. The van der Waals surface area contributed by atoms with Crippen molar-refractivity contribution in [3.8, 4) is 0 Å². The highest BCUT2D eigenvalue weighted by Crippen LogP contribution is 2.29. The summed E-state index contributed by atoms with van der Waals surface area (Å²) in [4.78, 5) is 14.2. The Morgan fingerprint density at radius 2 is 2.20 bits per heavy atom. The van der Waals surface area contributed by atoms with Crippen LogP contribution < -0.4 is 4.90 Å². The number of oxime groups is 1. The van der Waals surface area contributed by atoms with Crippen molar-refractivity contribution in [2.24, 2.45) is 11.1 Å². The third-order valence-corrected chi connectivity index (χ3v) is 3.65. The van der Waals surface area contributed by atoms with E-state index in [1.807, 2.05) is 23.1 Å². The number of hydrogen-bond donors (Lipinski definition) is 1. The van der Waals surface area contributed by atoms with E-state index in [1.54, 1.807) is 6.92 Å². The predicted octanol–water partition coefficient (Wildman–Crippen LogP) is 3.21. The minimum atomic E-state index is 0.196. The van der Waals surface area contributed by atoms with E-state index in [4.69, 9.17) is 5.21 Å². The molecule has 2 rings (SSSR count). The summed E-state index contributed by atoms with van der Waals surface area (Å²) in [5, 5.41) is 12.1. The number of nitrogens with zero attached hydrogens (tertiary/aromatic N) is 2. The van der Waals surface area contributed by atoms with Gasteiger partial charge in [0, 0.05) is 18.7 Å². The van der Waals surface area contributed by atoms with Gasteiger partial charge in [0.05, 0.1) is 5.71 Å². The van der Waals surface area contributed by atoms with E-state index in [0.29, 0.717) is 18.1 Å². The summed E-state index contributed by atoms with van der Waals surface area (Å²) >= 11 is 0. The van der Waals surface area contributed by atoms with Crippen molar-refractivity contribution in [2.45, 2.75) is 40.0 Å². The molecule has 0 unspecified atom stereocenters. The second kappa shape index (κ2) is 6.07. The van der Waals surface area contributed by atoms with Gasteiger partial charge in [0.1, 0.15) is 0 Å². The summed E-state index contributed by atoms with van der Waals surface area (Å²) in [6, 6.07) is 5.91. The zero-order chi connectivity index (χ0) is 14.7. The van der Waals surface area contributed by atoms with Crippen LogP contribution in [0.2, 0.25) is 0 Å². The number of amides is 1. The van der Waals surface area contributed by atoms with Gasteiger partial charge in [-0.05, 0) is 48.9 Å². The fourth-order valence-electron chi connectivity index (χ4n) is 2.60. The van der Waals surface area contributed by atoms with Crippen LogP contribution in [0, 0.1) is 5.92 Å². The summed E-state index contributed by atoms with van der Waals surface area (Å²) in [6.07, 6.45) is 2.53. The first kappa shape index (κ1) is 14.6. The first-order chi connectivity index (χ1) is 9.52. The molecule has 0 spiro atoms. The molecule has 0 radical (unpaired) electrons. The molecule has 0 aromatic heterocycles. The van der Waals surface area contributed by atoms with Crippen molar-refractivity contribution in [3.63, 3.8) is 0 Å². The van der Waals surface area contributed by atoms with Gasteiger partial charge in [-0.15, -0.1) is 0 Å². The Kier molecular flexibility index (Phi) is 4.42. The number of fused-ring (bicyclic) bond motifs is 1. The fraction of sp³-hybridized carbons (Fsp3) is 0.500. The largest absolute Gasteiger partial charge is 0.411 e. The van der Waals surface area contributed by atoms with E-state index in [1.165, 1.54) is 0 Å². The standard InChI is InChI=1S/C16H22N2O2/c1-11(2)9-16(19)18-8-4-5-14-10-13(12(3)17-20)6-7-15(14)18/h6-7,10-11,20H,4-5,8-9H2,1-3H3/b17-12-. The molecule has 108 valence electrons. The number of carbonyl (C=O) groups is 1. The molecule has 4 nitrogen and oxygen atoms in total. The second-order valence-corrected chi connectivity index (χ2v) is 5.78. The van der Waals surface area contributed by atoms with E-state index in [0.717, 1.165) is 36.2 Å². The first-order valence-electron chi connectivity index (χ1n) is 7.15. The molecule has 1 amide bonds. The van der Waals surface area contributed by atoms with Gasteiger partial charge in [0.25, 0.3) is 0 Å². The average Bonchev–Trinajstić information content (AvgIpc) is 2.44. The van der Waals surface area contributed by atoms with E-state index in [2.05, 4.69) is 19.0 Å². The number of anilines is 1. The molecule has 0 fully saturated rings. The number of aryl methyl sites for hydroxylation is 1. The average molecular weight is 274 g/mol. The van der Waals surface area contributed by atoms with E-state index >= 15 is 0 Å². The smallest absolute Gasteiger partial charge is 0.227 e. The summed E-state index contributed by atoms with van der Waals surface area (Å²) in [7, 11) is 0. The first-order valence-corrected chi connectivity index (χ1v) is 7.15. The van der Waals surface area contributed by atoms with Crippen molar-refractivity contribution in [3.05, 3.63) is 29.3 Å². The lowest BCUT2D eigenvalue weighted by Gasteiger charge is -2.30. The lowest BCUT2D eigenvalue weighted by Crippen LogP contribution is -2.36. The Morgan fingerprint density at radius 3 is 2.85 bits per heavy atom. The Bertz CT molecular complexity index is 535. The predicted molar refractivity (Wildman–Crippen MR) is 80.6 cm³/mol. The fourth-order valence-corrected chi connectivity index (χ4v) is 2.60. The molecule has 1 aliphatic heterocycles. The Labute approximate surface area is 120 Å². The van der Waals surface area contributed by atoms with Gasteiger partial charge in [0.15, 0.2) is 0 Å². The molecule has 0 aliphatic carbocycles. The summed E-state index contributed by atoms with van der Waals surface area (Å²) in [5.74, 6) is 0.567. The third kappa shape index (κ3) is 3.00. The molecule has 0 bridgehead atoms. The molecule has 0 atom stereocenters. The van der Waals surface area contributed by atoms with Crippen LogP contribution >= 0.6 is 0 Å². The summed E-state index contributed by atoms with van der Waals surface area (Å²) in [6.45, 7) is 6.69. The molecule has 1 aromatic rings. The highest BCUT2D eigenvalue weighted by molar-refractivity contribution is 6.00. The van der Waals surface area contributed by atoms with Crippen LogP contribution in [0.15, 0.2) is 23.4 Å². The zero-order valence-electron chi connectivity index (χ0n) is 12.4. The maximum Gasteiger partial charge on any atom is 0.227 e. The summed E-state index contributed by atoms with van der Waals surface area (Å²) in [5.41, 5.74) is 3.67. The van der Waals surface area contributed by atoms with Gasteiger partial charge in [-0.2, -0.15) is 0 Å². The molecule has 4 heteroatoms. The van der Waals surface area contributed by atoms with E-state index < -0.39 is 0 Å². The SMILES string of the molecule is C/C(=N/O)c1ccc2c(c1)CCCN2C(=O)CC(C)C. The minimum Gasteiger partial charge on any atom is -0.411 e. The molecule has 0 saturated heterocycles. The van der Waals surface area contributed by atoms with Gasteiger partial charge in [-0.1, -0.05) is 25.1 Å². The lowest BCUT2D eigenvalue weighted by atomic mass is 9.97. The minimum absolute atomic E-state index is 0.196. The normalized spacial score (nSPS) is 15.4. The maximum atomic E-state index is 12.3. The molecular weight excluding hydrogens is 252 g/mol. The number of hydrogen-bond acceptors (Lipinski definition) is 3. The Hall–Kier alpha value is -1.84. The quantitative estimate of drug-likeness (QED) is 0.523. The number of benzene rings is 1. The molecule has 1 N–H and O–H groups in total. The monoisotopic (exact) mass is 274 g/mol. The third-order valence-electron chi connectivity index (χ3n) is 3.65. The molecule has 0 saturated carbocycles. The maximum absolute atomic E-state index is 12.3. The van der Waals surface area contributed by atoms with E-state index in [-0.39, 0.29) is 5.91 Å². The van der Waals surface area contributed by atoms with Gasteiger partial charge >= 0.3 is 0 Å². The lowest BCUT2D eigenvalue weighted by molar-refractivity contribution is -0.119.